The molecular formula is C20H26N6O2S. The van der Waals surface area contributed by atoms with E-state index in [9.17, 15) is 0 Å². The lowest BCUT2D eigenvalue weighted by Gasteiger charge is -2.36. The Balaban J connectivity index is 1.32. The van der Waals surface area contributed by atoms with Gasteiger partial charge in [-0.05, 0) is 20.8 Å². The smallest absolute Gasteiger partial charge is 0.294 e. The minimum atomic E-state index is 0.0925. The molecule has 29 heavy (non-hydrogen) atoms. The first-order chi connectivity index (χ1) is 14.1. The van der Waals surface area contributed by atoms with Crippen molar-refractivity contribution in [3.8, 4) is 16.6 Å². The molecule has 0 N–H and O–H groups in total. The lowest BCUT2D eigenvalue weighted by atomic mass is 10.1. The Morgan fingerprint density at radius 1 is 1.14 bits per heavy atom. The van der Waals surface area contributed by atoms with Crippen molar-refractivity contribution in [3.63, 3.8) is 0 Å². The van der Waals surface area contributed by atoms with Crippen LogP contribution in [-0.4, -0.2) is 62.9 Å². The van der Waals surface area contributed by atoms with Gasteiger partial charge in [0, 0.05) is 31.7 Å². The van der Waals surface area contributed by atoms with Gasteiger partial charge in [-0.2, -0.15) is 4.98 Å². The van der Waals surface area contributed by atoms with Gasteiger partial charge < -0.3 is 9.26 Å². The Morgan fingerprint density at radius 3 is 2.62 bits per heavy atom. The Morgan fingerprint density at radius 2 is 1.90 bits per heavy atom. The average molecular weight is 415 g/mol. The second-order valence-electron chi connectivity index (χ2n) is 7.21. The molecule has 0 radical (unpaired) electrons. The Labute approximate surface area is 174 Å². The van der Waals surface area contributed by atoms with E-state index in [-0.39, 0.29) is 6.04 Å². The van der Waals surface area contributed by atoms with Gasteiger partial charge in [-0.1, -0.05) is 46.3 Å². The third kappa shape index (κ3) is 4.80. The fourth-order valence-corrected chi connectivity index (χ4v) is 4.15. The summed E-state index contributed by atoms with van der Waals surface area (Å²) in [5.41, 5.74) is 2.19. The second kappa shape index (κ2) is 8.98. The van der Waals surface area contributed by atoms with Crippen LogP contribution in [0.5, 0.6) is 5.19 Å². The van der Waals surface area contributed by atoms with Crippen LogP contribution in [0.4, 0.5) is 0 Å². The lowest BCUT2D eigenvalue weighted by Crippen LogP contribution is -2.46. The van der Waals surface area contributed by atoms with Gasteiger partial charge in [0.2, 0.25) is 11.7 Å². The molecule has 9 heteroatoms. The number of ether oxygens (including phenoxy) is 1. The van der Waals surface area contributed by atoms with Crippen molar-refractivity contribution in [1.82, 2.24) is 30.1 Å². The van der Waals surface area contributed by atoms with Crippen molar-refractivity contribution in [2.75, 3.05) is 32.8 Å². The fraction of sp³-hybridized carbons (Fsp3) is 0.500. The Hall–Kier alpha value is -2.36. The van der Waals surface area contributed by atoms with E-state index in [0.29, 0.717) is 23.5 Å². The molecule has 0 saturated carbocycles. The Kier molecular flexibility index (Phi) is 6.17. The Bertz CT molecular complexity index is 917. The van der Waals surface area contributed by atoms with Gasteiger partial charge in [0.25, 0.3) is 5.19 Å². The first-order valence-electron chi connectivity index (χ1n) is 9.94. The van der Waals surface area contributed by atoms with Crippen LogP contribution in [0.2, 0.25) is 0 Å². The van der Waals surface area contributed by atoms with Crippen molar-refractivity contribution < 1.29 is 9.26 Å². The molecule has 2 aromatic heterocycles. The van der Waals surface area contributed by atoms with Crippen LogP contribution in [0, 0.1) is 6.92 Å². The molecule has 1 atom stereocenters. The number of nitrogens with zero attached hydrogens (tertiary/aromatic N) is 6. The predicted octanol–water partition coefficient (Wildman–Crippen LogP) is 3.17. The third-order valence-electron chi connectivity index (χ3n) is 5.14. The van der Waals surface area contributed by atoms with E-state index in [1.165, 1.54) is 16.9 Å². The fourth-order valence-electron chi connectivity index (χ4n) is 3.36. The van der Waals surface area contributed by atoms with E-state index in [0.717, 1.165) is 43.3 Å². The molecule has 4 rings (SSSR count). The van der Waals surface area contributed by atoms with Crippen LogP contribution in [0.3, 0.4) is 0 Å². The number of hydrogen-bond donors (Lipinski definition) is 0. The lowest BCUT2D eigenvalue weighted by molar-refractivity contribution is 0.0844. The maximum absolute atomic E-state index is 5.57. The van der Waals surface area contributed by atoms with E-state index >= 15 is 0 Å². The van der Waals surface area contributed by atoms with Crippen molar-refractivity contribution in [1.29, 1.82) is 0 Å². The topological polar surface area (TPSA) is 80.4 Å². The summed E-state index contributed by atoms with van der Waals surface area (Å²) in [6.45, 7) is 11.4. The third-order valence-corrected chi connectivity index (χ3v) is 5.96. The number of aromatic nitrogens is 4. The van der Waals surface area contributed by atoms with Crippen LogP contribution in [-0.2, 0) is 6.54 Å². The SMILES string of the molecule is CCOc1nnc(CN2CCN(C(C)c3nc(-c4ccc(C)cc4)no3)CC2)s1. The summed E-state index contributed by atoms with van der Waals surface area (Å²) in [7, 11) is 0. The summed E-state index contributed by atoms with van der Waals surface area (Å²) in [5, 5.41) is 14.1. The molecule has 154 valence electrons. The zero-order valence-corrected chi connectivity index (χ0v) is 17.9. The molecule has 1 aliphatic rings. The minimum Gasteiger partial charge on any atom is -0.469 e. The molecule has 0 amide bonds. The molecule has 1 fully saturated rings. The molecule has 1 aliphatic heterocycles. The van der Waals surface area contributed by atoms with Crippen LogP contribution in [0.15, 0.2) is 28.8 Å². The first kappa shape index (κ1) is 19.9. The summed E-state index contributed by atoms with van der Waals surface area (Å²) < 4.78 is 11.0. The van der Waals surface area contributed by atoms with Crippen molar-refractivity contribution in [2.24, 2.45) is 0 Å². The highest BCUT2D eigenvalue weighted by Crippen LogP contribution is 2.25. The molecule has 1 unspecified atom stereocenters. The monoisotopic (exact) mass is 414 g/mol. The summed E-state index contributed by atoms with van der Waals surface area (Å²) in [5.74, 6) is 1.31. The second-order valence-corrected chi connectivity index (χ2v) is 8.23. The minimum absolute atomic E-state index is 0.0925. The van der Waals surface area contributed by atoms with Crippen molar-refractivity contribution >= 4 is 11.3 Å². The number of rotatable bonds is 7. The number of aryl methyl sites for hydroxylation is 1. The number of hydrogen-bond acceptors (Lipinski definition) is 9. The van der Waals surface area contributed by atoms with Gasteiger partial charge in [-0.15, -0.1) is 10.2 Å². The van der Waals surface area contributed by atoms with Gasteiger partial charge in [-0.3, -0.25) is 9.80 Å². The average Bonchev–Trinajstić information content (AvgIpc) is 3.39. The molecule has 0 spiro atoms. The highest BCUT2D eigenvalue weighted by molar-refractivity contribution is 7.13. The van der Waals surface area contributed by atoms with Gasteiger partial charge in [0.05, 0.1) is 19.2 Å². The van der Waals surface area contributed by atoms with Crippen molar-refractivity contribution in [3.05, 3.63) is 40.7 Å². The molecular weight excluding hydrogens is 388 g/mol. The number of piperazine rings is 1. The molecule has 1 saturated heterocycles. The van der Waals surface area contributed by atoms with Gasteiger partial charge >= 0.3 is 0 Å². The van der Waals surface area contributed by atoms with E-state index in [4.69, 9.17) is 9.26 Å². The number of benzene rings is 1. The maximum Gasteiger partial charge on any atom is 0.294 e. The van der Waals surface area contributed by atoms with Gasteiger partial charge in [0.15, 0.2) is 0 Å². The highest BCUT2D eigenvalue weighted by atomic mass is 32.1. The van der Waals surface area contributed by atoms with Crippen LogP contribution >= 0.6 is 11.3 Å². The summed E-state index contributed by atoms with van der Waals surface area (Å²) >= 11 is 1.52. The highest BCUT2D eigenvalue weighted by Gasteiger charge is 2.26. The molecule has 0 bridgehead atoms. The first-order valence-corrected chi connectivity index (χ1v) is 10.8. The predicted molar refractivity (Wildman–Crippen MR) is 111 cm³/mol. The molecule has 3 aromatic rings. The molecule has 8 nitrogen and oxygen atoms in total. The van der Waals surface area contributed by atoms with E-state index in [1.807, 2.05) is 19.1 Å². The van der Waals surface area contributed by atoms with E-state index < -0.39 is 0 Å². The zero-order chi connectivity index (χ0) is 20.2. The molecule has 0 aliphatic carbocycles. The van der Waals surface area contributed by atoms with Crippen LogP contribution < -0.4 is 4.74 Å². The quantitative estimate of drug-likeness (QED) is 0.583. The summed E-state index contributed by atoms with van der Waals surface area (Å²) in [6.07, 6.45) is 0. The van der Waals surface area contributed by atoms with E-state index in [2.05, 4.69) is 56.1 Å². The standard InChI is InChI=1S/C20H26N6O2S/c1-4-27-20-23-22-17(29-20)13-25-9-11-26(12-10-25)15(3)19-21-18(24-28-19)16-7-5-14(2)6-8-16/h5-8,15H,4,9-13H2,1-3H3. The van der Waals surface area contributed by atoms with E-state index in [1.54, 1.807) is 0 Å². The van der Waals surface area contributed by atoms with Gasteiger partial charge in [0.1, 0.15) is 5.01 Å². The van der Waals surface area contributed by atoms with Crippen LogP contribution in [0.25, 0.3) is 11.4 Å². The maximum atomic E-state index is 5.57. The van der Waals surface area contributed by atoms with Crippen molar-refractivity contribution in [2.45, 2.75) is 33.4 Å². The largest absolute Gasteiger partial charge is 0.469 e. The summed E-state index contributed by atoms with van der Waals surface area (Å²) in [6, 6.07) is 8.26. The normalized spacial score (nSPS) is 16.8. The van der Waals surface area contributed by atoms with Crippen LogP contribution in [0.1, 0.15) is 36.4 Å². The zero-order valence-electron chi connectivity index (χ0n) is 17.0. The summed E-state index contributed by atoms with van der Waals surface area (Å²) in [4.78, 5) is 9.41. The molecule has 1 aromatic carbocycles. The van der Waals surface area contributed by atoms with Gasteiger partial charge in [-0.25, -0.2) is 0 Å². The molecule has 3 heterocycles.